The largest absolute Gasteiger partial charge is 0.388 e. The molecule has 3 N–H and O–H groups in total. The lowest BCUT2D eigenvalue weighted by Crippen LogP contribution is -2.37. The summed E-state index contributed by atoms with van der Waals surface area (Å²) in [5.74, 6) is 3.04. The second-order valence-corrected chi connectivity index (χ2v) is 6.30. The normalized spacial score (nSPS) is 18.2. The molecule has 0 spiro atoms. The minimum atomic E-state index is -0.0957. The SMILES string of the molecule is CCc1c(C)nc(N)nc1N1CCC[C@@H](c2nnc(CO)n2C)C1. The van der Waals surface area contributed by atoms with Crippen LogP contribution < -0.4 is 10.6 Å². The first-order valence-electron chi connectivity index (χ1n) is 8.42. The molecule has 0 aromatic carbocycles. The number of nitrogens with zero attached hydrogens (tertiary/aromatic N) is 6. The Balaban J connectivity index is 1.90. The average molecular weight is 331 g/mol. The minimum absolute atomic E-state index is 0.0957. The highest BCUT2D eigenvalue weighted by atomic mass is 16.3. The highest BCUT2D eigenvalue weighted by Gasteiger charge is 2.28. The number of rotatable bonds is 4. The molecule has 0 aliphatic carbocycles. The molecule has 0 radical (unpaired) electrons. The molecule has 0 bridgehead atoms. The van der Waals surface area contributed by atoms with Crippen LogP contribution in [0.4, 0.5) is 11.8 Å². The molecule has 130 valence electrons. The first-order valence-corrected chi connectivity index (χ1v) is 8.42. The van der Waals surface area contributed by atoms with Gasteiger partial charge in [0.2, 0.25) is 5.95 Å². The summed E-state index contributed by atoms with van der Waals surface area (Å²) in [6, 6.07) is 0. The van der Waals surface area contributed by atoms with Crippen LogP contribution in [0.25, 0.3) is 0 Å². The predicted molar refractivity (Wildman–Crippen MR) is 91.7 cm³/mol. The Morgan fingerprint density at radius 3 is 2.75 bits per heavy atom. The lowest BCUT2D eigenvalue weighted by atomic mass is 9.96. The van der Waals surface area contributed by atoms with Gasteiger partial charge >= 0.3 is 0 Å². The second-order valence-electron chi connectivity index (χ2n) is 6.30. The molecule has 1 fully saturated rings. The van der Waals surface area contributed by atoms with Crippen molar-refractivity contribution in [1.82, 2.24) is 24.7 Å². The first-order chi connectivity index (χ1) is 11.5. The van der Waals surface area contributed by atoms with E-state index in [1.165, 1.54) is 0 Å². The number of hydrogen-bond donors (Lipinski definition) is 2. The zero-order chi connectivity index (χ0) is 17.3. The maximum atomic E-state index is 9.32. The van der Waals surface area contributed by atoms with Gasteiger partial charge in [-0.05, 0) is 26.2 Å². The molecule has 0 amide bonds. The Morgan fingerprint density at radius 2 is 2.08 bits per heavy atom. The molecule has 1 aliphatic heterocycles. The lowest BCUT2D eigenvalue weighted by Gasteiger charge is -2.34. The van der Waals surface area contributed by atoms with Crippen LogP contribution in [0.5, 0.6) is 0 Å². The van der Waals surface area contributed by atoms with Crippen LogP contribution in [-0.2, 0) is 20.1 Å². The monoisotopic (exact) mass is 331 g/mol. The fraction of sp³-hybridized carbons (Fsp3) is 0.625. The van der Waals surface area contributed by atoms with Gasteiger partial charge in [0, 0.05) is 37.3 Å². The number of hydrogen-bond acceptors (Lipinski definition) is 7. The van der Waals surface area contributed by atoms with E-state index < -0.39 is 0 Å². The van der Waals surface area contributed by atoms with Crippen LogP contribution in [-0.4, -0.2) is 42.9 Å². The van der Waals surface area contributed by atoms with Crippen LogP contribution in [0.2, 0.25) is 0 Å². The number of aryl methyl sites for hydroxylation is 1. The molecule has 8 heteroatoms. The minimum Gasteiger partial charge on any atom is -0.388 e. The lowest BCUT2D eigenvalue weighted by molar-refractivity contribution is 0.266. The van der Waals surface area contributed by atoms with Crippen molar-refractivity contribution < 1.29 is 5.11 Å². The Morgan fingerprint density at radius 1 is 1.29 bits per heavy atom. The van der Waals surface area contributed by atoms with E-state index in [1.54, 1.807) is 0 Å². The van der Waals surface area contributed by atoms with E-state index in [0.29, 0.717) is 11.8 Å². The highest BCUT2D eigenvalue weighted by molar-refractivity contribution is 5.52. The van der Waals surface area contributed by atoms with Crippen molar-refractivity contribution in [3.63, 3.8) is 0 Å². The summed E-state index contributed by atoms with van der Waals surface area (Å²) in [6.45, 7) is 5.77. The smallest absolute Gasteiger partial charge is 0.222 e. The van der Waals surface area contributed by atoms with Crippen molar-refractivity contribution in [2.45, 2.75) is 45.6 Å². The Hall–Kier alpha value is -2.22. The van der Waals surface area contributed by atoms with E-state index in [1.807, 2.05) is 18.5 Å². The quantitative estimate of drug-likeness (QED) is 0.858. The summed E-state index contributed by atoms with van der Waals surface area (Å²) < 4.78 is 1.90. The number of aromatic nitrogens is 5. The van der Waals surface area contributed by atoms with E-state index in [-0.39, 0.29) is 12.5 Å². The molecule has 1 atom stereocenters. The van der Waals surface area contributed by atoms with E-state index in [0.717, 1.165) is 55.3 Å². The van der Waals surface area contributed by atoms with Gasteiger partial charge < -0.3 is 20.3 Å². The third-order valence-electron chi connectivity index (χ3n) is 4.79. The van der Waals surface area contributed by atoms with Gasteiger partial charge in [0.1, 0.15) is 18.2 Å². The first kappa shape index (κ1) is 16.6. The molecule has 2 aromatic heterocycles. The topological polar surface area (TPSA) is 106 Å². The Labute approximate surface area is 141 Å². The van der Waals surface area contributed by atoms with Crippen LogP contribution in [0, 0.1) is 6.92 Å². The second kappa shape index (κ2) is 6.72. The number of piperidine rings is 1. The predicted octanol–water partition coefficient (Wildman–Crippen LogP) is 0.934. The average Bonchev–Trinajstić information content (AvgIpc) is 2.95. The molecule has 3 heterocycles. The summed E-state index contributed by atoms with van der Waals surface area (Å²) in [6.07, 6.45) is 2.98. The van der Waals surface area contributed by atoms with Crippen LogP contribution >= 0.6 is 0 Å². The van der Waals surface area contributed by atoms with Crippen molar-refractivity contribution >= 4 is 11.8 Å². The van der Waals surface area contributed by atoms with E-state index in [2.05, 4.69) is 32.0 Å². The number of anilines is 2. The molecule has 24 heavy (non-hydrogen) atoms. The summed E-state index contributed by atoms with van der Waals surface area (Å²) in [5, 5.41) is 17.7. The summed E-state index contributed by atoms with van der Waals surface area (Å²) in [7, 11) is 1.91. The van der Waals surface area contributed by atoms with Gasteiger partial charge in [0.25, 0.3) is 0 Å². The van der Waals surface area contributed by atoms with Crippen LogP contribution in [0.1, 0.15) is 48.6 Å². The van der Waals surface area contributed by atoms with Crippen molar-refractivity contribution in [2.75, 3.05) is 23.7 Å². The van der Waals surface area contributed by atoms with E-state index >= 15 is 0 Å². The van der Waals surface area contributed by atoms with E-state index in [4.69, 9.17) is 5.73 Å². The number of nitrogen functional groups attached to an aromatic ring is 1. The Kier molecular flexibility index (Phi) is 4.66. The standard InChI is InChI=1S/C16H25N7O/c1-4-12-10(2)18-16(17)19-15(12)23-7-5-6-11(8-23)14-21-20-13(9-24)22(14)3/h11,24H,4-9H2,1-3H3,(H2,17,18,19)/t11-/m1/s1. The van der Waals surface area contributed by atoms with Gasteiger partial charge in [0.15, 0.2) is 5.82 Å². The molecule has 1 aliphatic rings. The number of nitrogens with two attached hydrogens (primary N) is 1. The van der Waals surface area contributed by atoms with Gasteiger partial charge in [-0.3, -0.25) is 0 Å². The molecular weight excluding hydrogens is 306 g/mol. The molecule has 1 saturated heterocycles. The van der Waals surface area contributed by atoms with Gasteiger partial charge in [0.05, 0.1) is 0 Å². The zero-order valence-electron chi connectivity index (χ0n) is 14.5. The van der Waals surface area contributed by atoms with Crippen molar-refractivity contribution in [3.8, 4) is 0 Å². The van der Waals surface area contributed by atoms with Crippen molar-refractivity contribution in [1.29, 1.82) is 0 Å². The van der Waals surface area contributed by atoms with E-state index in [9.17, 15) is 5.11 Å². The van der Waals surface area contributed by atoms with Crippen molar-refractivity contribution in [2.24, 2.45) is 7.05 Å². The van der Waals surface area contributed by atoms with Crippen LogP contribution in [0.15, 0.2) is 0 Å². The van der Waals surface area contributed by atoms with Gasteiger partial charge in [-0.15, -0.1) is 10.2 Å². The van der Waals surface area contributed by atoms with Crippen molar-refractivity contribution in [3.05, 3.63) is 22.9 Å². The third kappa shape index (κ3) is 2.93. The zero-order valence-corrected chi connectivity index (χ0v) is 14.5. The molecule has 8 nitrogen and oxygen atoms in total. The fourth-order valence-electron chi connectivity index (χ4n) is 3.53. The summed E-state index contributed by atoms with van der Waals surface area (Å²) >= 11 is 0. The third-order valence-corrected chi connectivity index (χ3v) is 4.79. The Bertz CT molecular complexity index is 727. The number of aliphatic hydroxyl groups is 1. The van der Waals surface area contributed by atoms with Crippen LogP contribution in [0.3, 0.4) is 0 Å². The maximum absolute atomic E-state index is 9.32. The molecule has 3 rings (SSSR count). The molecule has 0 unspecified atom stereocenters. The van der Waals surface area contributed by atoms with Gasteiger partial charge in [-0.1, -0.05) is 6.92 Å². The summed E-state index contributed by atoms with van der Waals surface area (Å²) in [4.78, 5) is 11.1. The highest BCUT2D eigenvalue weighted by Crippen LogP contribution is 2.31. The molecular formula is C16H25N7O. The van der Waals surface area contributed by atoms with Gasteiger partial charge in [-0.2, -0.15) is 4.98 Å². The summed E-state index contributed by atoms with van der Waals surface area (Å²) in [5.41, 5.74) is 7.98. The molecule has 2 aromatic rings. The fourth-order valence-corrected chi connectivity index (χ4v) is 3.53. The molecule has 0 saturated carbocycles. The van der Waals surface area contributed by atoms with Gasteiger partial charge in [-0.25, -0.2) is 4.98 Å². The number of aliphatic hydroxyl groups excluding tert-OH is 1. The maximum Gasteiger partial charge on any atom is 0.222 e.